The molecule has 1 aliphatic heterocycles. The van der Waals surface area contributed by atoms with E-state index in [2.05, 4.69) is 114 Å². The lowest BCUT2D eigenvalue weighted by molar-refractivity contribution is 0.668. The van der Waals surface area contributed by atoms with Gasteiger partial charge < -0.3 is 14.3 Å². The molecule has 0 aliphatic carbocycles. The first-order chi connectivity index (χ1) is 21.2. The lowest BCUT2D eigenvalue weighted by atomic mass is 10.1. The van der Waals surface area contributed by atoms with Gasteiger partial charge >= 0.3 is 0 Å². The maximum atomic E-state index is 6.16. The Balaban J connectivity index is 0.00000112. The highest BCUT2D eigenvalue weighted by Crippen LogP contribution is 2.69. The van der Waals surface area contributed by atoms with Gasteiger partial charge in [-0.2, -0.15) is 0 Å². The van der Waals surface area contributed by atoms with E-state index in [1.165, 1.54) is 0 Å². The molecule has 6 heteroatoms. The van der Waals surface area contributed by atoms with Crippen LogP contribution in [0.4, 0.5) is 22.7 Å². The molecule has 0 saturated carbocycles. The first kappa shape index (κ1) is 29.0. The van der Waals surface area contributed by atoms with Crippen molar-refractivity contribution in [3.8, 4) is 0 Å². The minimum Gasteiger partial charge on any atom is -0.456 e. The quantitative estimate of drug-likeness (QED) is 0.146. The molecule has 2 aromatic heterocycles. The summed E-state index contributed by atoms with van der Waals surface area (Å²) in [4.78, 5) is 0. The van der Waals surface area contributed by atoms with Gasteiger partial charge in [-0.05, 0) is 60.7 Å². The fourth-order valence-corrected chi connectivity index (χ4v) is 8.35. The molecule has 5 nitrogen and oxygen atoms in total. The SMILES string of the molecule is C=C/C=C(\C=C)P1N(c2ccc3oc4ccccc4c3c2)c2ccccc2N1c1ccc2oc3ccccc3c2c1.CC.O. The maximum Gasteiger partial charge on any atom is 0.138 e. The molecule has 0 spiro atoms. The Bertz CT molecular complexity index is 2050. The second-order valence-corrected chi connectivity index (χ2v) is 11.9. The molecule has 0 bridgehead atoms. The molecular formula is C38H33N2O3P. The zero-order chi connectivity index (χ0) is 29.5. The summed E-state index contributed by atoms with van der Waals surface area (Å²) in [6, 6.07) is 38.0. The molecule has 0 fully saturated rings. The van der Waals surface area contributed by atoms with Crippen molar-refractivity contribution in [1.29, 1.82) is 0 Å². The number of hydrogen-bond acceptors (Lipinski definition) is 4. The van der Waals surface area contributed by atoms with Crippen LogP contribution in [0, 0.1) is 0 Å². The number of anilines is 4. The van der Waals surface area contributed by atoms with Crippen molar-refractivity contribution >= 4 is 74.8 Å². The number of para-hydroxylation sites is 4. The van der Waals surface area contributed by atoms with Gasteiger partial charge in [-0.3, -0.25) is 9.34 Å². The second-order valence-electron chi connectivity index (χ2n) is 9.99. The van der Waals surface area contributed by atoms with Crippen molar-refractivity contribution in [2.45, 2.75) is 13.8 Å². The van der Waals surface area contributed by atoms with Gasteiger partial charge in [0.2, 0.25) is 0 Å². The van der Waals surface area contributed by atoms with Crippen LogP contribution in [0.15, 0.2) is 155 Å². The van der Waals surface area contributed by atoms with Crippen LogP contribution in [0.5, 0.6) is 0 Å². The van der Waals surface area contributed by atoms with Crippen molar-refractivity contribution in [2.24, 2.45) is 0 Å². The number of rotatable bonds is 5. The molecule has 0 atom stereocenters. The predicted octanol–water partition coefficient (Wildman–Crippen LogP) is 11.5. The van der Waals surface area contributed by atoms with Crippen LogP contribution >= 0.6 is 8.22 Å². The van der Waals surface area contributed by atoms with Gasteiger partial charge in [0.25, 0.3) is 0 Å². The first-order valence-electron chi connectivity index (χ1n) is 14.5. The van der Waals surface area contributed by atoms with E-state index in [1.54, 1.807) is 0 Å². The van der Waals surface area contributed by atoms with Crippen molar-refractivity contribution < 1.29 is 14.3 Å². The van der Waals surface area contributed by atoms with Crippen LogP contribution in [-0.2, 0) is 0 Å². The smallest absolute Gasteiger partial charge is 0.138 e. The highest BCUT2D eigenvalue weighted by Gasteiger charge is 2.40. The van der Waals surface area contributed by atoms with Gasteiger partial charge in [0, 0.05) is 38.2 Å². The van der Waals surface area contributed by atoms with Crippen molar-refractivity contribution in [3.63, 3.8) is 0 Å². The summed E-state index contributed by atoms with van der Waals surface area (Å²) in [6.45, 7) is 12.3. The van der Waals surface area contributed by atoms with Crippen molar-refractivity contribution in [2.75, 3.05) is 9.34 Å². The molecule has 3 heterocycles. The van der Waals surface area contributed by atoms with Crippen LogP contribution in [0.25, 0.3) is 43.9 Å². The van der Waals surface area contributed by atoms with E-state index in [4.69, 9.17) is 8.83 Å². The van der Waals surface area contributed by atoms with Crippen LogP contribution in [-0.4, -0.2) is 5.48 Å². The van der Waals surface area contributed by atoms with Gasteiger partial charge in [0.1, 0.15) is 30.6 Å². The molecule has 0 saturated heterocycles. The van der Waals surface area contributed by atoms with Crippen LogP contribution in [0.2, 0.25) is 0 Å². The Hall–Kier alpha value is -5.09. The van der Waals surface area contributed by atoms with E-state index >= 15 is 0 Å². The number of hydrogen-bond donors (Lipinski definition) is 0. The predicted molar refractivity (Wildman–Crippen MR) is 189 cm³/mol. The van der Waals surface area contributed by atoms with E-state index in [1.807, 2.05) is 50.3 Å². The van der Waals surface area contributed by atoms with Crippen LogP contribution < -0.4 is 9.34 Å². The minimum absolute atomic E-state index is 0. The Labute approximate surface area is 257 Å². The summed E-state index contributed by atoms with van der Waals surface area (Å²) < 4.78 is 17.2. The Morgan fingerprint density at radius 3 is 1.48 bits per heavy atom. The minimum atomic E-state index is -1.11. The van der Waals surface area contributed by atoms with E-state index in [0.717, 1.165) is 71.9 Å². The van der Waals surface area contributed by atoms with Gasteiger partial charge in [-0.1, -0.05) is 93.8 Å². The van der Waals surface area contributed by atoms with E-state index in [-0.39, 0.29) is 5.48 Å². The van der Waals surface area contributed by atoms with Gasteiger partial charge in [0.05, 0.1) is 11.4 Å². The second kappa shape index (κ2) is 11.9. The molecule has 8 rings (SSSR count). The summed E-state index contributed by atoms with van der Waals surface area (Å²) in [6.07, 6.45) is 5.87. The van der Waals surface area contributed by atoms with E-state index in [0.29, 0.717) is 0 Å². The molecule has 0 unspecified atom stereocenters. The number of nitrogens with zero attached hydrogens (tertiary/aromatic N) is 2. The lowest BCUT2D eigenvalue weighted by Gasteiger charge is -2.33. The third-order valence-corrected chi connectivity index (χ3v) is 10.1. The third kappa shape index (κ3) is 4.49. The third-order valence-electron chi connectivity index (χ3n) is 7.66. The average Bonchev–Trinajstić information content (AvgIpc) is 3.73. The number of fused-ring (bicyclic) bond motifs is 7. The summed E-state index contributed by atoms with van der Waals surface area (Å²) in [7, 11) is -1.11. The van der Waals surface area contributed by atoms with Crippen molar-refractivity contribution in [3.05, 3.63) is 146 Å². The van der Waals surface area contributed by atoms with Crippen LogP contribution in [0.1, 0.15) is 13.8 Å². The van der Waals surface area contributed by atoms with E-state index in [9.17, 15) is 0 Å². The summed E-state index contributed by atoms with van der Waals surface area (Å²) >= 11 is 0. The Morgan fingerprint density at radius 2 is 1.02 bits per heavy atom. The van der Waals surface area contributed by atoms with Crippen molar-refractivity contribution in [1.82, 2.24) is 0 Å². The highest BCUT2D eigenvalue weighted by atomic mass is 31.1. The molecule has 5 aromatic carbocycles. The summed E-state index contributed by atoms with van der Waals surface area (Å²) in [5, 5.41) is 5.52. The summed E-state index contributed by atoms with van der Waals surface area (Å²) in [5.41, 5.74) is 8.01. The first-order valence-corrected chi connectivity index (χ1v) is 15.8. The monoisotopic (exact) mass is 596 g/mol. The van der Waals surface area contributed by atoms with Crippen LogP contribution in [0.3, 0.4) is 0 Å². The Morgan fingerprint density at radius 1 is 0.591 bits per heavy atom. The highest BCUT2D eigenvalue weighted by molar-refractivity contribution is 7.67. The number of benzene rings is 5. The molecule has 218 valence electrons. The normalized spacial score (nSPS) is 13.2. The molecule has 1 aliphatic rings. The average molecular weight is 597 g/mol. The number of allylic oxidation sites excluding steroid dienone is 4. The zero-order valence-electron chi connectivity index (χ0n) is 24.7. The molecule has 44 heavy (non-hydrogen) atoms. The maximum absolute atomic E-state index is 6.16. The summed E-state index contributed by atoms with van der Waals surface area (Å²) in [5.74, 6) is 0. The standard InChI is InChI=1S/C36H25N2O2P.C2H6.H2O/c1-3-11-26(4-2)41-37(24-18-20-35-29(22-24)27-12-5-9-16-33(27)39-35)31-14-7-8-15-32(31)38(41)25-19-21-36-30(23-25)28-13-6-10-17-34(28)40-36;1-2;/h3-23H,1-2H2;1-2H3;1H2/b26-11+;;. The molecule has 2 N–H and O–H groups in total. The van der Waals surface area contributed by atoms with Gasteiger partial charge in [-0.15, -0.1) is 0 Å². The molecule has 7 aromatic rings. The van der Waals surface area contributed by atoms with Gasteiger partial charge in [0.15, 0.2) is 0 Å². The Kier molecular flexibility index (Phi) is 7.84. The lowest BCUT2D eigenvalue weighted by Crippen LogP contribution is -2.14. The fourth-order valence-electron chi connectivity index (χ4n) is 5.87. The zero-order valence-corrected chi connectivity index (χ0v) is 25.6. The molecule has 0 radical (unpaired) electrons. The van der Waals surface area contributed by atoms with Gasteiger partial charge in [-0.25, -0.2) is 0 Å². The van der Waals surface area contributed by atoms with E-state index < -0.39 is 8.22 Å². The number of furan rings is 2. The molecule has 0 amide bonds. The molecular weight excluding hydrogens is 563 g/mol. The topological polar surface area (TPSA) is 64.3 Å². The fraction of sp³-hybridized carbons (Fsp3) is 0.0526. The largest absolute Gasteiger partial charge is 0.456 e.